The van der Waals surface area contributed by atoms with Gasteiger partial charge in [0.25, 0.3) is 0 Å². The third kappa shape index (κ3) is 3.34. The molecule has 11 heteroatoms. The highest BCUT2D eigenvalue weighted by Crippen LogP contribution is 2.34. The molecule has 2 aromatic rings. The van der Waals surface area contributed by atoms with E-state index < -0.39 is 22.1 Å². The number of carbonyl (C=O) groups is 1. The summed E-state index contributed by atoms with van der Waals surface area (Å²) in [6.07, 6.45) is -0.595. The Morgan fingerprint density at radius 3 is 2.52 bits per heavy atom. The first-order valence-electron chi connectivity index (χ1n) is 6.08. The van der Waals surface area contributed by atoms with Gasteiger partial charge in [-0.25, -0.2) is 4.68 Å². The molecule has 0 unspecified atom stereocenters. The van der Waals surface area contributed by atoms with E-state index in [-0.39, 0.29) is 39.3 Å². The molecule has 0 bridgehead atoms. The molecule has 0 saturated heterocycles. The highest BCUT2D eigenvalue weighted by atomic mass is 35.5. The molecule has 1 aromatic heterocycles. The number of aromatic amines is 1. The number of hydrogen-bond donors (Lipinski definition) is 2. The molecule has 0 amide bonds. The van der Waals surface area contributed by atoms with E-state index >= 15 is 0 Å². The summed E-state index contributed by atoms with van der Waals surface area (Å²) in [5, 5.41) is 22.3. The standard InChI is InChI=1S/C12H8Cl3N3O5/c13-5-1-3-7(10(15)9(5)14)17-12(21)11(18(22)23)6(16-17)2-4-8(19)20/h1,3,16H,2,4H2,(H,19,20). The minimum Gasteiger partial charge on any atom is -0.481 e. The van der Waals surface area contributed by atoms with E-state index in [1.54, 1.807) is 0 Å². The zero-order valence-corrected chi connectivity index (χ0v) is 13.4. The van der Waals surface area contributed by atoms with Gasteiger partial charge in [-0.05, 0) is 12.1 Å². The lowest BCUT2D eigenvalue weighted by Crippen LogP contribution is -2.17. The number of aliphatic carboxylic acids is 1. The van der Waals surface area contributed by atoms with Crippen molar-refractivity contribution in [3.8, 4) is 5.69 Å². The normalized spacial score (nSPS) is 10.7. The Morgan fingerprint density at radius 1 is 1.30 bits per heavy atom. The Kier molecular flexibility index (Phi) is 4.98. The lowest BCUT2D eigenvalue weighted by Gasteiger charge is -2.06. The van der Waals surface area contributed by atoms with Gasteiger partial charge in [0.1, 0.15) is 5.69 Å². The van der Waals surface area contributed by atoms with E-state index in [4.69, 9.17) is 39.9 Å². The Hall–Kier alpha value is -2.03. The van der Waals surface area contributed by atoms with Gasteiger partial charge in [0.2, 0.25) is 0 Å². The average molecular weight is 381 g/mol. The molecule has 0 spiro atoms. The predicted molar refractivity (Wildman–Crippen MR) is 84.0 cm³/mol. The SMILES string of the molecule is O=C(O)CCc1[nH]n(-c2ccc(Cl)c(Cl)c2Cl)c(=O)c1[N+](=O)[O-]. The van der Waals surface area contributed by atoms with Crippen molar-refractivity contribution in [1.82, 2.24) is 9.78 Å². The van der Waals surface area contributed by atoms with E-state index in [1.165, 1.54) is 12.1 Å². The van der Waals surface area contributed by atoms with Gasteiger partial charge < -0.3 is 5.11 Å². The maximum absolute atomic E-state index is 12.2. The van der Waals surface area contributed by atoms with Crippen LogP contribution in [0, 0.1) is 10.1 Å². The molecular weight excluding hydrogens is 373 g/mol. The van der Waals surface area contributed by atoms with Gasteiger partial charge in [-0.15, -0.1) is 0 Å². The Balaban J connectivity index is 2.63. The molecule has 0 aliphatic heterocycles. The van der Waals surface area contributed by atoms with Crippen molar-refractivity contribution in [1.29, 1.82) is 0 Å². The third-order valence-corrected chi connectivity index (χ3v) is 4.25. The number of nitrogens with one attached hydrogen (secondary N) is 1. The Morgan fingerprint density at radius 2 is 1.96 bits per heavy atom. The fourth-order valence-electron chi connectivity index (χ4n) is 1.93. The summed E-state index contributed by atoms with van der Waals surface area (Å²) in [5.41, 5.74) is -1.77. The van der Waals surface area contributed by atoms with Crippen LogP contribution in [0.4, 0.5) is 5.69 Å². The van der Waals surface area contributed by atoms with Gasteiger partial charge in [0.15, 0.2) is 0 Å². The van der Waals surface area contributed by atoms with Crippen LogP contribution in [0.5, 0.6) is 0 Å². The molecule has 0 atom stereocenters. The minimum atomic E-state index is -1.15. The quantitative estimate of drug-likeness (QED) is 0.469. The molecule has 2 N–H and O–H groups in total. The molecule has 8 nitrogen and oxygen atoms in total. The van der Waals surface area contributed by atoms with Gasteiger partial charge in [0, 0.05) is 6.42 Å². The molecule has 0 fully saturated rings. The van der Waals surface area contributed by atoms with Crippen molar-refractivity contribution < 1.29 is 14.8 Å². The summed E-state index contributed by atoms with van der Waals surface area (Å²) in [6.45, 7) is 0. The maximum Gasteiger partial charge on any atom is 0.356 e. The number of nitro groups is 1. The number of carboxylic acid groups (broad SMARTS) is 1. The summed E-state index contributed by atoms with van der Waals surface area (Å²) >= 11 is 17.7. The van der Waals surface area contributed by atoms with E-state index in [0.717, 1.165) is 4.68 Å². The largest absolute Gasteiger partial charge is 0.481 e. The monoisotopic (exact) mass is 379 g/mol. The van der Waals surface area contributed by atoms with Crippen LogP contribution in [0.15, 0.2) is 16.9 Å². The van der Waals surface area contributed by atoms with Crippen LogP contribution in [-0.2, 0) is 11.2 Å². The first-order chi connectivity index (χ1) is 10.7. The number of carboxylic acids is 1. The molecule has 122 valence electrons. The van der Waals surface area contributed by atoms with Crippen LogP contribution >= 0.6 is 34.8 Å². The maximum atomic E-state index is 12.2. The fraction of sp³-hybridized carbons (Fsp3) is 0.167. The van der Waals surface area contributed by atoms with Gasteiger partial charge >= 0.3 is 17.2 Å². The molecule has 1 aromatic carbocycles. The van der Waals surface area contributed by atoms with Crippen LogP contribution in [-0.4, -0.2) is 25.8 Å². The van der Waals surface area contributed by atoms with E-state index in [9.17, 15) is 19.7 Å². The van der Waals surface area contributed by atoms with Gasteiger partial charge in [-0.1, -0.05) is 34.8 Å². The van der Waals surface area contributed by atoms with Crippen LogP contribution in [0.2, 0.25) is 15.1 Å². The smallest absolute Gasteiger partial charge is 0.356 e. The lowest BCUT2D eigenvalue weighted by atomic mass is 10.2. The van der Waals surface area contributed by atoms with Crippen molar-refractivity contribution in [2.75, 3.05) is 0 Å². The summed E-state index contributed by atoms with van der Waals surface area (Å²) < 4.78 is 0.833. The summed E-state index contributed by atoms with van der Waals surface area (Å²) in [7, 11) is 0. The first-order valence-corrected chi connectivity index (χ1v) is 7.21. The van der Waals surface area contributed by atoms with E-state index in [0.29, 0.717) is 0 Å². The molecular formula is C12H8Cl3N3O5. The minimum absolute atomic E-state index is 0.0120. The second-order valence-corrected chi connectivity index (χ2v) is 5.59. The highest BCUT2D eigenvalue weighted by molar-refractivity contribution is 6.48. The zero-order valence-electron chi connectivity index (χ0n) is 11.2. The topological polar surface area (TPSA) is 118 Å². The Labute approximate surface area is 143 Å². The van der Waals surface area contributed by atoms with Crippen LogP contribution in [0.3, 0.4) is 0 Å². The number of rotatable bonds is 5. The third-order valence-electron chi connectivity index (χ3n) is 2.97. The first kappa shape index (κ1) is 17.3. The van der Waals surface area contributed by atoms with Crippen molar-refractivity contribution in [2.24, 2.45) is 0 Å². The number of nitrogens with zero attached hydrogens (tertiary/aromatic N) is 2. The van der Waals surface area contributed by atoms with Crippen LogP contribution in [0.1, 0.15) is 12.1 Å². The number of H-pyrrole nitrogens is 1. The summed E-state index contributed by atoms with van der Waals surface area (Å²) in [6, 6.07) is 2.74. The molecule has 0 aliphatic carbocycles. The molecule has 2 rings (SSSR count). The second kappa shape index (κ2) is 6.61. The number of benzene rings is 1. The number of halogens is 3. The van der Waals surface area contributed by atoms with Crippen molar-refractivity contribution in [3.05, 3.63) is 53.4 Å². The lowest BCUT2D eigenvalue weighted by molar-refractivity contribution is -0.386. The van der Waals surface area contributed by atoms with Gasteiger partial charge in [-0.3, -0.25) is 24.8 Å². The van der Waals surface area contributed by atoms with Crippen molar-refractivity contribution >= 4 is 46.5 Å². The molecule has 1 heterocycles. The number of aromatic nitrogens is 2. The second-order valence-electron chi connectivity index (χ2n) is 4.42. The molecule has 0 radical (unpaired) electrons. The summed E-state index contributed by atoms with van der Waals surface area (Å²) in [5.74, 6) is -1.15. The van der Waals surface area contributed by atoms with Gasteiger partial charge in [0.05, 0.1) is 32.1 Å². The number of aryl methyl sites for hydroxylation is 1. The zero-order chi connectivity index (χ0) is 17.3. The molecule has 0 saturated carbocycles. The van der Waals surface area contributed by atoms with Crippen LogP contribution < -0.4 is 5.56 Å². The van der Waals surface area contributed by atoms with Crippen molar-refractivity contribution in [3.63, 3.8) is 0 Å². The fourth-order valence-corrected chi connectivity index (χ4v) is 2.54. The predicted octanol–water partition coefficient (Wildman–Crippen LogP) is 3.05. The van der Waals surface area contributed by atoms with E-state index in [2.05, 4.69) is 5.10 Å². The van der Waals surface area contributed by atoms with Crippen molar-refractivity contribution in [2.45, 2.75) is 12.8 Å². The molecule has 23 heavy (non-hydrogen) atoms. The van der Waals surface area contributed by atoms with Crippen LogP contribution in [0.25, 0.3) is 5.69 Å². The van der Waals surface area contributed by atoms with Gasteiger partial charge in [-0.2, -0.15) is 0 Å². The number of hydrogen-bond acceptors (Lipinski definition) is 4. The average Bonchev–Trinajstić information content (AvgIpc) is 2.79. The summed E-state index contributed by atoms with van der Waals surface area (Å²) in [4.78, 5) is 33.1. The van der Waals surface area contributed by atoms with E-state index in [1.807, 2.05) is 0 Å². The Bertz CT molecular complexity index is 858. The molecule has 0 aliphatic rings. The highest BCUT2D eigenvalue weighted by Gasteiger charge is 2.27.